The fourth-order valence-corrected chi connectivity index (χ4v) is 7.50. The third-order valence-corrected chi connectivity index (χ3v) is 10.5. The van der Waals surface area contributed by atoms with E-state index in [1.807, 2.05) is 49.4 Å². The summed E-state index contributed by atoms with van der Waals surface area (Å²) in [4.78, 5) is 38.3. The number of hydrogen-bond acceptors (Lipinski definition) is 5. The molecule has 7 heteroatoms. The minimum atomic E-state index is -0.420. The first-order valence-electron chi connectivity index (χ1n) is 16.9. The summed E-state index contributed by atoms with van der Waals surface area (Å²) in [6, 6.07) is 14.9. The number of benzene rings is 3. The van der Waals surface area contributed by atoms with Crippen molar-refractivity contribution < 1.29 is 28.6 Å². The van der Waals surface area contributed by atoms with Gasteiger partial charge in [0.25, 0.3) is 0 Å². The summed E-state index contributed by atoms with van der Waals surface area (Å²) in [6.07, 6.45) is 8.65. The molecule has 0 aromatic heterocycles. The number of ketones is 3. The van der Waals surface area contributed by atoms with Crippen molar-refractivity contribution in [1.82, 2.24) is 0 Å². The molecule has 1 fully saturated rings. The number of rotatable bonds is 11. The number of aliphatic hydroxyl groups excluding tert-OH is 1. The van der Waals surface area contributed by atoms with Crippen LogP contribution in [0.1, 0.15) is 75.5 Å². The lowest BCUT2D eigenvalue weighted by molar-refractivity contribution is -0.121. The molecule has 3 aromatic rings. The maximum Gasteiger partial charge on any atom is 0.189 e. The summed E-state index contributed by atoms with van der Waals surface area (Å²) < 4.78 is 21.2. The molecule has 0 heterocycles. The Morgan fingerprint density at radius 1 is 1.02 bits per heavy atom. The number of Topliss-reactive ketones (excluding diaryl/α,β-unsaturated/α-hetero) is 2. The summed E-state index contributed by atoms with van der Waals surface area (Å²) >= 11 is 7.05. The Hall–Kier alpha value is -3.87. The van der Waals surface area contributed by atoms with Gasteiger partial charge in [0.2, 0.25) is 0 Å². The van der Waals surface area contributed by atoms with E-state index in [0.717, 1.165) is 54.4 Å². The minimum Gasteiger partial charge on any atom is -0.496 e. The summed E-state index contributed by atoms with van der Waals surface area (Å²) in [5.74, 6) is -0.601. The van der Waals surface area contributed by atoms with Crippen molar-refractivity contribution in [2.75, 3.05) is 7.11 Å². The van der Waals surface area contributed by atoms with Crippen LogP contribution in [0.5, 0.6) is 5.75 Å². The highest BCUT2D eigenvalue weighted by Gasteiger charge is 2.26. The predicted octanol–water partition coefficient (Wildman–Crippen LogP) is 9.17. The molecule has 0 amide bonds. The average molecular weight is 671 g/mol. The normalized spacial score (nSPS) is 22.0. The van der Waals surface area contributed by atoms with E-state index in [2.05, 4.69) is 0 Å². The molecule has 0 spiro atoms. The Labute approximate surface area is 287 Å². The number of methoxy groups -OCH3 is 1. The SMILES string of the molecule is COc1cc(-c2cccc(-c3cccc(CCC(=O)/C4=C/CC(C)C(=O)/C(C)=C/C4=O)c3C)c2Cl)cc(F)c1CCC[C@H]1CCC[C@@H]1O. The largest absolute Gasteiger partial charge is 0.496 e. The van der Waals surface area contributed by atoms with Gasteiger partial charge in [0.1, 0.15) is 11.6 Å². The molecule has 48 heavy (non-hydrogen) atoms. The monoisotopic (exact) mass is 670 g/mol. The van der Waals surface area contributed by atoms with Crippen LogP contribution in [-0.4, -0.2) is 35.7 Å². The molecule has 2 aliphatic rings. The molecular weight excluding hydrogens is 627 g/mol. The lowest BCUT2D eigenvalue weighted by Crippen LogP contribution is -2.19. The van der Waals surface area contributed by atoms with Crippen molar-refractivity contribution in [3.8, 4) is 28.0 Å². The molecule has 1 unspecified atom stereocenters. The first-order valence-corrected chi connectivity index (χ1v) is 17.3. The fraction of sp³-hybridized carbons (Fsp3) is 0.390. The van der Waals surface area contributed by atoms with Crippen LogP contribution in [0, 0.1) is 24.6 Å². The molecule has 3 aromatic carbocycles. The molecule has 2 aliphatic carbocycles. The van der Waals surface area contributed by atoms with E-state index >= 15 is 4.39 Å². The van der Waals surface area contributed by atoms with Crippen LogP contribution < -0.4 is 4.74 Å². The summed E-state index contributed by atoms with van der Waals surface area (Å²) in [7, 11) is 1.54. The Balaban J connectivity index is 1.35. The van der Waals surface area contributed by atoms with Crippen LogP contribution >= 0.6 is 11.6 Å². The molecular formula is C41H44ClFO5. The van der Waals surface area contributed by atoms with E-state index < -0.39 is 5.78 Å². The molecule has 1 saturated carbocycles. The van der Waals surface area contributed by atoms with E-state index in [0.29, 0.717) is 52.3 Å². The summed E-state index contributed by atoms with van der Waals surface area (Å²) in [5, 5.41) is 10.6. The van der Waals surface area contributed by atoms with E-state index in [-0.39, 0.29) is 47.3 Å². The topological polar surface area (TPSA) is 80.7 Å². The molecule has 5 rings (SSSR count). The first-order chi connectivity index (χ1) is 23.0. The van der Waals surface area contributed by atoms with E-state index in [1.54, 1.807) is 27.0 Å². The molecule has 0 saturated heterocycles. The number of allylic oxidation sites excluding steroid dienone is 4. The summed E-state index contributed by atoms with van der Waals surface area (Å²) in [6.45, 7) is 5.41. The van der Waals surface area contributed by atoms with Gasteiger partial charge >= 0.3 is 0 Å². The third kappa shape index (κ3) is 7.71. The van der Waals surface area contributed by atoms with Crippen molar-refractivity contribution in [1.29, 1.82) is 0 Å². The highest BCUT2D eigenvalue weighted by Crippen LogP contribution is 2.41. The number of aryl methyl sites for hydroxylation is 1. The molecule has 0 bridgehead atoms. The van der Waals surface area contributed by atoms with Crippen LogP contribution in [0.2, 0.25) is 5.02 Å². The van der Waals surface area contributed by atoms with Crippen LogP contribution in [-0.2, 0) is 27.2 Å². The van der Waals surface area contributed by atoms with Gasteiger partial charge < -0.3 is 9.84 Å². The van der Waals surface area contributed by atoms with Crippen molar-refractivity contribution in [2.45, 2.75) is 84.7 Å². The maximum atomic E-state index is 15.6. The van der Waals surface area contributed by atoms with Crippen LogP contribution in [0.4, 0.5) is 4.39 Å². The number of aliphatic hydroxyl groups is 1. The van der Waals surface area contributed by atoms with E-state index in [9.17, 15) is 19.5 Å². The molecule has 0 aliphatic heterocycles. The Kier molecular flexibility index (Phi) is 11.5. The van der Waals surface area contributed by atoms with Crippen molar-refractivity contribution in [2.24, 2.45) is 11.8 Å². The second-order valence-electron chi connectivity index (χ2n) is 13.3. The summed E-state index contributed by atoms with van der Waals surface area (Å²) in [5.41, 5.74) is 5.95. The van der Waals surface area contributed by atoms with Gasteiger partial charge in [-0.25, -0.2) is 4.39 Å². The standard InChI is InChI=1S/C41H44ClFO5/c1-24-17-19-34(38(46)21-25(2)41(24)47)37(45)20-18-27-9-5-12-30(26(27)3)32-14-8-13-31(40(32)42)29-22-35(43)33(39(23-29)48-4)15-6-10-28-11-7-16-36(28)44/h5,8-9,12-14,19,21-24,28,36,44H,6-7,10-11,15-18,20H2,1-4H3/b25-21+,34-19-/t24?,28-,36-/m0/s1. The van der Waals surface area contributed by atoms with Crippen LogP contribution in [0.15, 0.2) is 71.8 Å². The Morgan fingerprint density at radius 3 is 2.48 bits per heavy atom. The second-order valence-corrected chi connectivity index (χ2v) is 13.7. The average Bonchev–Trinajstić information content (AvgIpc) is 3.48. The fourth-order valence-electron chi connectivity index (χ4n) is 7.17. The van der Waals surface area contributed by atoms with Gasteiger partial charge in [-0.3, -0.25) is 14.4 Å². The molecule has 252 valence electrons. The zero-order valence-electron chi connectivity index (χ0n) is 28.2. The number of carbonyl (C=O) groups excluding carboxylic acids is 3. The smallest absolute Gasteiger partial charge is 0.189 e. The van der Waals surface area contributed by atoms with Crippen molar-refractivity contribution >= 4 is 29.0 Å². The van der Waals surface area contributed by atoms with Gasteiger partial charge in [0, 0.05) is 29.0 Å². The number of halogens is 2. The van der Waals surface area contributed by atoms with E-state index in [4.69, 9.17) is 16.3 Å². The van der Waals surface area contributed by atoms with E-state index in [1.165, 1.54) is 12.1 Å². The molecule has 5 nitrogen and oxygen atoms in total. The highest BCUT2D eigenvalue weighted by atomic mass is 35.5. The molecule has 3 atom stereocenters. The Bertz CT molecular complexity index is 1790. The predicted molar refractivity (Wildman–Crippen MR) is 189 cm³/mol. The van der Waals surface area contributed by atoms with Gasteiger partial charge in [0.15, 0.2) is 17.3 Å². The van der Waals surface area contributed by atoms with Crippen LogP contribution in [0.3, 0.4) is 0 Å². The highest BCUT2D eigenvalue weighted by molar-refractivity contribution is 6.36. The molecule has 1 N–H and O–H groups in total. The zero-order chi connectivity index (χ0) is 34.5. The number of ether oxygens (including phenoxy) is 1. The van der Waals surface area contributed by atoms with Gasteiger partial charge in [-0.1, -0.05) is 67.4 Å². The maximum absolute atomic E-state index is 15.6. The van der Waals surface area contributed by atoms with Gasteiger partial charge in [-0.15, -0.1) is 0 Å². The van der Waals surface area contributed by atoms with Crippen molar-refractivity contribution in [3.63, 3.8) is 0 Å². The Morgan fingerprint density at radius 2 is 1.75 bits per heavy atom. The first kappa shape index (κ1) is 35.4. The molecule has 0 radical (unpaired) electrons. The van der Waals surface area contributed by atoms with Gasteiger partial charge in [-0.05, 0) is 111 Å². The quantitative estimate of drug-likeness (QED) is 0.206. The van der Waals surface area contributed by atoms with Gasteiger partial charge in [-0.2, -0.15) is 0 Å². The number of carbonyl (C=O) groups is 3. The van der Waals surface area contributed by atoms with Crippen molar-refractivity contribution in [3.05, 3.63) is 99.4 Å². The van der Waals surface area contributed by atoms with Crippen LogP contribution in [0.25, 0.3) is 22.3 Å². The second kappa shape index (κ2) is 15.6. The third-order valence-electron chi connectivity index (χ3n) is 10.1. The van der Waals surface area contributed by atoms with Gasteiger partial charge in [0.05, 0.1) is 23.8 Å². The minimum absolute atomic E-state index is 0.0745. The zero-order valence-corrected chi connectivity index (χ0v) is 29.0. The lowest BCUT2D eigenvalue weighted by Gasteiger charge is -2.17. The number of hydrogen-bond donors (Lipinski definition) is 1. The lowest BCUT2D eigenvalue weighted by atomic mass is 9.88.